The van der Waals surface area contributed by atoms with E-state index in [1.54, 1.807) is 0 Å². The Morgan fingerprint density at radius 3 is 2.54 bits per heavy atom. The number of aromatic carboxylic acids is 1. The average molecular weight is 368 g/mol. The van der Waals surface area contributed by atoms with Gasteiger partial charge in [-0.2, -0.15) is 0 Å². The van der Waals surface area contributed by atoms with E-state index in [4.69, 9.17) is 0 Å². The molecule has 0 aliphatic heterocycles. The van der Waals surface area contributed by atoms with Gasteiger partial charge in [0, 0.05) is 16.5 Å². The highest BCUT2D eigenvalue weighted by atomic mass is 19.1. The first kappa shape index (κ1) is 16.6. The summed E-state index contributed by atoms with van der Waals surface area (Å²) in [5.41, 5.74) is 6.09. The van der Waals surface area contributed by atoms with E-state index in [9.17, 15) is 14.3 Å². The summed E-state index contributed by atoms with van der Waals surface area (Å²) in [7, 11) is 0. The second kappa shape index (κ2) is 6.27. The minimum absolute atomic E-state index is 0.0530. The molecule has 0 saturated heterocycles. The molecule has 0 bridgehead atoms. The molecule has 5 rings (SSSR count). The SMILES string of the molecule is O=C([O-])c1c2c(nc3ccc(F)cc13)-c1ccc(-c3ccccc3)cc1CC2. The van der Waals surface area contributed by atoms with E-state index in [0.29, 0.717) is 35.0 Å². The van der Waals surface area contributed by atoms with E-state index < -0.39 is 11.8 Å². The van der Waals surface area contributed by atoms with E-state index in [0.717, 1.165) is 22.3 Å². The number of rotatable bonds is 2. The monoisotopic (exact) mass is 368 g/mol. The molecule has 0 spiro atoms. The quantitative estimate of drug-likeness (QED) is 0.534. The first-order valence-electron chi connectivity index (χ1n) is 9.14. The van der Waals surface area contributed by atoms with Crippen molar-refractivity contribution in [2.75, 3.05) is 0 Å². The molecule has 0 radical (unpaired) electrons. The van der Waals surface area contributed by atoms with Gasteiger partial charge in [-0.05, 0) is 53.3 Å². The van der Waals surface area contributed by atoms with Gasteiger partial charge in [0.2, 0.25) is 0 Å². The van der Waals surface area contributed by atoms with Crippen molar-refractivity contribution in [2.24, 2.45) is 0 Å². The van der Waals surface area contributed by atoms with Gasteiger partial charge in [0.25, 0.3) is 0 Å². The summed E-state index contributed by atoms with van der Waals surface area (Å²) >= 11 is 0. The fourth-order valence-corrected chi connectivity index (χ4v) is 4.08. The van der Waals surface area contributed by atoms with Crippen LogP contribution in [0.4, 0.5) is 4.39 Å². The fraction of sp³-hybridized carbons (Fsp3) is 0.0833. The van der Waals surface area contributed by atoms with E-state index in [1.807, 2.05) is 30.3 Å². The Balaban J connectivity index is 1.74. The Morgan fingerprint density at radius 1 is 0.929 bits per heavy atom. The predicted molar refractivity (Wildman–Crippen MR) is 104 cm³/mol. The molecule has 0 saturated carbocycles. The molecule has 1 aliphatic carbocycles. The number of halogens is 1. The maximum Gasteiger partial charge on any atom is 0.123 e. The van der Waals surface area contributed by atoms with Crippen molar-refractivity contribution in [3.05, 3.63) is 89.2 Å². The van der Waals surface area contributed by atoms with Crippen LogP contribution in [0.2, 0.25) is 0 Å². The summed E-state index contributed by atoms with van der Waals surface area (Å²) in [6, 6.07) is 20.3. The molecule has 4 aromatic rings. The molecule has 4 heteroatoms. The lowest BCUT2D eigenvalue weighted by atomic mass is 9.84. The van der Waals surface area contributed by atoms with Crippen molar-refractivity contribution in [3.8, 4) is 22.4 Å². The van der Waals surface area contributed by atoms with Crippen LogP contribution < -0.4 is 5.11 Å². The number of hydrogen-bond donors (Lipinski definition) is 0. The standard InChI is InChI=1S/C24H16FNO2/c25-17-8-11-21-20(13-17)22(24(27)28)19-10-7-16-12-15(14-4-2-1-3-5-14)6-9-18(16)23(19)26-21/h1-6,8-9,11-13H,7,10H2,(H,27,28)/p-1. The number of carboxylic acids is 1. The first-order valence-corrected chi connectivity index (χ1v) is 9.14. The number of carbonyl (C=O) groups is 1. The third-order valence-electron chi connectivity index (χ3n) is 5.36. The molecule has 0 N–H and O–H groups in total. The third kappa shape index (κ3) is 2.57. The second-order valence-electron chi connectivity index (χ2n) is 7.00. The van der Waals surface area contributed by atoms with Crippen LogP contribution in [0.5, 0.6) is 0 Å². The molecule has 0 amide bonds. The highest BCUT2D eigenvalue weighted by molar-refractivity contribution is 6.05. The van der Waals surface area contributed by atoms with Gasteiger partial charge in [-0.3, -0.25) is 0 Å². The van der Waals surface area contributed by atoms with Gasteiger partial charge in [0.15, 0.2) is 0 Å². The maximum atomic E-state index is 13.7. The van der Waals surface area contributed by atoms with Crippen LogP contribution >= 0.6 is 0 Å². The van der Waals surface area contributed by atoms with Gasteiger partial charge in [-0.15, -0.1) is 0 Å². The van der Waals surface area contributed by atoms with Crippen LogP contribution in [0, 0.1) is 5.82 Å². The highest BCUT2D eigenvalue weighted by Crippen LogP contribution is 2.38. The molecule has 3 nitrogen and oxygen atoms in total. The fourth-order valence-electron chi connectivity index (χ4n) is 4.08. The highest BCUT2D eigenvalue weighted by Gasteiger charge is 2.23. The van der Waals surface area contributed by atoms with Gasteiger partial charge in [0.1, 0.15) is 5.82 Å². The summed E-state index contributed by atoms with van der Waals surface area (Å²) in [6.07, 6.45) is 1.23. The van der Waals surface area contributed by atoms with E-state index in [-0.39, 0.29) is 5.56 Å². The van der Waals surface area contributed by atoms with Gasteiger partial charge in [-0.25, -0.2) is 9.37 Å². The Morgan fingerprint density at radius 2 is 1.75 bits per heavy atom. The number of carboxylic acid groups (broad SMARTS) is 1. The summed E-state index contributed by atoms with van der Waals surface area (Å²) in [6.45, 7) is 0. The Bertz CT molecular complexity index is 1250. The lowest BCUT2D eigenvalue weighted by molar-refractivity contribution is -0.254. The first-order chi connectivity index (χ1) is 13.6. The lowest BCUT2D eigenvalue weighted by Gasteiger charge is -2.24. The van der Waals surface area contributed by atoms with Crippen molar-refractivity contribution in [3.63, 3.8) is 0 Å². The van der Waals surface area contributed by atoms with E-state index in [1.165, 1.54) is 18.2 Å². The summed E-state index contributed by atoms with van der Waals surface area (Å²) in [4.78, 5) is 16.6. The van der Waals surface area contributed by atoms with E-state index in [2.05, 4.69) is 23.2 Å². The zero-order valence-corrected chi connectivity index (χ0v) is 14.9. The summed E-state index contributed by atoms with van der Waals surface area (Å²) in [5.74, 6) is -1.78. The van der Waals surface area contributed by atoms with Crippen molar-refractivity contribution in [1.29, 1.82) is 0 Å². The minimum Gasteiger partial charge on any atom is -0.545 e. The molecule has 1 heterocycles. The zero-order valence-electron chi connectivity index (χ0n) is 14.9. The molecule has 0 atom stereocenters. The molecular weight excluding hydrogens is 353 g/mol. The number of fused-ring (bicyclic) bond motifs is 4. The molecule has 28 heavy (non-hydrogen) atoms. The number of pyridine rings is 1. The second-order valence-corrected chi connectivity index (χ2v) is 7.00. The van der Waals surface area contributed by atoms with Crippen molar-refractivity contribution >= 4 is 16.9 Å². The van der Waals surface area contributed by atoms with Crippen LogP contribution in [0.3, 0.4) is 0 Å². The molecule has 1 aliphatic rings. The van der Waals surface area contributed by atoms with Crippen LogP contribution in [-0.2, 0) is 12.8 Å². The van der Waals surface area contributed by atoms with Gasteiger partial charge in [0.05, 0.1) is 17.2 Å². The molecule has 3 aromatic carbocycles. The number of benzene rings is 3. The number of carbonyl (C=O) groups excluding carboxylic acids is 1. The van der Waals surface area contributed by atoms with Crippen LogP contribution in [0.1, 0.15) is 21.5 Å². The lowest BCUT2D eigenvalue weighted by Crippen LogP contribution is -2.26. The van der Waals surface area contributed by atoms with Gasteiger partial charge in [-0.1, -0.05) is 48.5 Å². The number of aromatic nitrogens is 1. The van der Waals surface area contributed by atoms with Crippen LogP contribution in [-0.4, -0.2) is 11.0 Å². The smallest absolute Gasteiger partial charge is 0.123 e. The molecule has 136 valence electrons. The topological polar surface area (TPSA) is 53.0 Å². The average Bonchev–Trinajstić information content (AvgIpc) is 2.72. The van der Waals surface area contributed by atoms with Crippen molar-refractivity contribution < 1.29 is 14.3 Å². The van der Waals surface area contributed by atoms with Gasteiger partial charge < -0.3 is 9.90 Å². The summed E-state index contributed by atoms with van der Waals surface area (Å²) < 4.78 is 13.7. The molecule has 0 unspecified atom stereocenters. The number of nitrogens with zero attached hydrogens (tertiary/aromatic N) is 1. The Labute approximate surface area is 161 Å². The molecule has 0 fully saturated rings. The Kier molecular flexibility index (Phi) is 3.72. The van der Waals surface area contributed by atoms with Crippen molar-refractivity contribution in [2.45, 2.75) is 12.8 Å². The summed E-state index contributed by atoms with van der Waals surface area (Å²) in [5, 5.41) is 12.2. The third-order valence-corrected chi connectivity index (χ3v) is 5.36. The number of hydrogen-bond acceptors (Lipinski definition) is 3. The van der Waals surface area contributed by atoms with Crippen LogP contribution in [0.15, 0.2) is 66.7 Å². The van der Waals surface area contributed by atoms with Crippen molar-refractivity contribution in [1.82, 2.24) is 4.98 Å². The molecular formula is C24H15FNO2-. The van der Waals surface area contributed by atoms with E-state index >= 15 is 0 Å². The Hall–Kier alpha value is -3.53. The normalized spacial score (nSPS) is 12.5. The predicted octanol–water partition coefficient (Wildman–Crippen LogP) is 4.17. The zero-order chi connectivity index (χ0) is 19.3. The minimum atomic E-state index is -1.29. The van der Waals surface area contributed by atoms with Crippen LogP contribution in [0.25, 0.3) is 33.3 Å². The molecule has 1 aromatic heterocycles. The van der Waals surface area contributed by atoms with Gasteiger partial charge >= 0.3 is 0 Å². The maximum absolute atomic E-state index is 13.7. The number of aryl methyl sites for hydroxylation is 1. The largest absolute Gasteiger partial charge is 0.545 e.